The second kappa shape index (κ2) is 4.99. The molecule has 13 heavy (non-hydrogen) atoms. The third kappa shape index (κ3) is 3.30. The fourth-order valence-electron chi connectivity index (χ4n) is 2.28. The zero-order chi connectivity index (χ0) is 8.93. The summed E-state index contributed by atoms with van der Waals surface area (Å²) in [4.78, 5) is 0. The third-order valence-corrected chi connectivity index (χ3v) is 3.24. The number of rotatable bonds is 0. The summed E-state index contributed by atoms with van der Waals surface area (Å²) in [5.74, 6) is 0. The Morgan fingerprint density at radius 1 is 0.769 bits per heavy atom. The molecule has 2 fully saturated rings. The van der Waals surface area contributed by atoms with Gasteiger partial charge in [-0.1, -0.05) is 51.4 Å². The summed E-state index contributed by atoms with van der Waals surface area (Å²) in [6, 6.07) is 0. The van der Waals surface area contributed by atoms with Crippen molar-refractivity contribution in [1.82, 2.24) is 0 Å². The largest absolute Gasteiger partial charge is 0.363 e. The summed E-state index contributed by atoms with van der Waals surface area (Å²) >= 11 is 0. The van der Waals surface area contributed by atoms with Gasteiger partial charge < -0.3 is 4.74 Å². The van der Waals surface area contributed by atoms with Crippen LogP contribution < -0.4 is 0 Å². The van der Waals surface area contributed by atoms with Crippen molar-refractivity contribution in [2.45, 2.75) is 70.3 Å². The van der Waals surface area contributed by atoms with Gasteiger partial charge in [-0.2, -0.15) is 0 Å². The molecule has 1 aliphatic carbocycles. The molecule has 1 saturated carbocycles. The van der Waals surface area contributed by atoms with Crippen molar-refractivity contribution >= 4 is 0 Å². The molecule has 1 aliphatic heterocycles. The minimum absolute atomic E-state index is 0.583. The Labute approximate surface area is 81.9 Å². The smallest absolute Gasteiger partial charge is 0.126 e. The first-order valence-electron chi connectivity index (χ1n) is 5.99. The van der Waals surface area contributed by atoms with E-state index in [0.29, 0.717) is 6.10 Å². The van der Waals surface area contributed by atoms with Gasteiger partial charge in [0.2, 0.25) is 0 Å². The summed E-state index contributed by atoms with van der Waals surface area (Å²) < 4.78 is 5.55. The zero-order valence-electron chi connectivity index (χ0n) is 8.56. The molecule has 1 heteroatoms. The van der Waals surface area contributed by atoms with Crippen molar-refractivity contribution < 1.29 is 4.74 Å². The Balaban J connectivity index is 1.66. The normalized spacial score (nSPS) is 32.8. The number of epoxide rings is 1. The Kier molecular flexibility index (Phi) is 3.65. The third-order valence-electron chi connectivity index (χ3n) is 3.24. The Hall–Kier alpha value is -0.0400. The maximum Gasteiger partial charge on any atom is 0.126 e. The van der Waals surface area contributed by atoms with E-state index in [-0.39, 0.29) is 0 Å². The van der Waals surface area contributed by atoms with Gasteiger partial charge in [0.25, 0.3) is 0 Å². The monoisotopic (exact) mass is 181 g/mol. The van der Waals surface area contributed by atoms with E-state index in [1.807, 2.05) is 0 Å². The molecule has 0 bridgehead atoms. The van der Waals surface area contributed by atoms with Gasteiger partial charge in [-0.3, -0.25) is 0 Å². The van der Waals surface area contributed by atoms with Crippen LogP contribution >= 0.6 is 0 Å². The van der Waals surface area contributed by atoms with Crippen LogP contribution in [0.4, 0.5) is 0 Å². The van der Waals surface area contributed by atoms with Crippen LogP contribution in [0.1, 0.15) is 64.2 Å². The summed E-state index contributed by atoms with van der Waals surface area (Å²) in [6.07, 6.45) is 16.0. The Bertz CT molecular complexity index is 128. The lowest BCUT2D eigenvalue weighted by atomic mass is 10.0. The first kappa shape index (κ1) is 9.51. The predicted molar refractivity (Wildman–Crippen MR) is 54.3 cm³/mol. The van der Waals surface area contributed by atoms with Crippen LogP contribution in [0.15, 0.2) is 0 Å². The van der Waals surface area contributed by atoms with Gasteiger partial charge in [0.05, 0.1) is 6.10 Å². The van der Waals surface area contributed by atoms with Crippen LogP contribution in [-0.2, 0) is 4.74 Å². The molecule has 1 saturated heterocycles. The predicted octanol–water partition coefficient (Wildman–Crippen LogP) is 3.83. The average Bonchev–Trinajstić information content (AvgIpc) is 2.83. The van der Waals surface area contributed by atoms with Crippen molar-refractivity contribution in [3.05, 3.63) is 6.10 Å². The molecular weight excluding hydrogens is 160 g/mol. The number of hydrogen-bond donors (Lipinski definition) is 0. The maximum absolute atomic E-state index is 5.55. The van der Waals surface area contributed by atoms with Crippen molar-refractivity contribution in [2.24, 2.45) is 0 Å². The summed E-state index contributed by atoms with van der Waals surface area (Å²) in [6.45, 7) is 0. The van der Waals surface area contributed by atoms with Crippen LogP contribution in [0.3, 0.4) is 0 Å². The van der Waals surface area contributed by atoms with E-state index in [1.165, 1.54) is 70.3 Å². The van der Waals surface area contributed by atoms with Gasteiger partial charge >= 0.3 is 0 Å². The fraction of sp³-hybridized carbons (Fsp3) is 0.917. The van der Waals surface area contributed by atoms with E-state index in [4.69, 9.17) is 4.74 Å². The molecule has 1 atom stereocenters. The molecule has 75 valence electrons. The van der Waals surface area contributed by atoms with Crippen molar-refractivity contribution in [3.8, 4) is 0 Å². The highest BCUT2D eigenvalue weighted by Gasteiger charge is 2.38. The fourth-order valence-corrected chi connectivity index (χ4v) is 2.28. The van der Waals surface area contributed by atoms with Crippen LogP contribution in [0.25, 0.3) is 0 Å². The number of hydrogen-bond acceptors (Lipinski definition) is 1. The summed E-state index contributed by atoms with van der Waals surface area (Å²) in [5, 5.41) is 0. The SMILES string of the molecule is C1CCCCCC2O[C]2CCCC1. The molecule has 1 heterocycles. The summed E-state index contributed by atoms with van der Waals surface area (Å²) in [5.41, 5.74) is 0. The number of fused-ring (bicyclic) bond motifs is 1. The van der Waals surface area contributed by atoms with Gasteiger partial charge in [-0.05, 0) is 12.8 Å². The lowest BCUT2D eigenvalue weighted by Crippen LogP contribution is -1.91. The average molecular weight is 181 g/mol. The molecule has 1 radical (unpaired) electrons. The molecule has 0 aromatic heterocycles. The molecule has 0 aromatic carbocycles. The standard InChI is InChI=1S/C12H21O/c1-2-4-6-8-10-12-11(13-12)9-7-5-3-1/h11H,1-10H2. The van der Waals surface area contributed by atoms with Crippen LogP contribution in [-0.4, -0.2) is 6.10 Å². The van der Waals surface area contributed by atoms with E-state index in [9.17, 15) is 0 Å². The maximum atomic E-state index is 5.55. The van der Waals surface area contributed by atoms with Crippen LogP contribution in [0.2, 0.25) is 0 Å². The molecule has 0 amide bonds. The molecule has 0 N–H and O–H groups in total. The molecule has 0 aromatic rings. The lowest BCUT2D eigenvalue weighted by Gasteiger charge is -2.03. The van der Waals surface area contributed by atoms with Gasteiger partial charge in [-0.15, -0.1) is 0 Å². The van der Waals surface area contributed by atoms with E-state index >= 15 is 0 Å². The molecular formula is C12H21O. The van der Waals surface area contributed by atoms with E-state index in [2.05, 4.69) is 0 Å². The van der Waals surface area contributed by atoms with Crippen molar-refractivity contribution in [2.75, 3.05) is 0 Å². The summed E-state index contributed by atoms with van der Waals surface area (Å²) in [7, 11) is 0. The van der Waals surface area contributed by atoms with Gasteiger partial charge in [-0.25, -0.2) is 0 Å². The Morgan fingerprint density at radius 2 is 1.38 bits per heavy atom. The highest BCUT2D eigenvalue weighted by Crippen LogP contribution is 2.39. The van der Waals surface area contributed by atoms with Crippen molar-refractivity contribution in [1.29, 1.82) is 0 Å². The molecule has 1 nitrogen and oxygen atoms in total. The van der Waals surface area contributed by atoms with Crippen molar-refractivity contribution in [3.63, 3.8) is 0 Å². The molecule has 0 spiro atoms. The Morgan fingerprint density at radius 3 is 2.15 bits per heavy atom. The van der Waals surface area contributed by atoms with Gasteiger partial charge in [0.15, 0.2) is 0 Å². The minimum atomic E-state index is 0.583. The molecule has 2 aliphatic rings. The van der Waals surface area contributed by atoms with Gasteiger partial charge in [0.1, 0.15) is 6.10 Å². The molecule has 1 unspecified atom stereocenters. The minimum Gasteiger partial charge on any atom is -0.363 e. The highest BCUT2D eigenvalue weighted by molar-refractivity contribution is 5.02. The quantitative estimate of drug-likeness (QED) is 0.517. The second-order valence-electron chi connectivity index (χ2n) is 4.44. The van der Waals surface area contributed by atoms with E-state index < -0.39 is 0 Å². The first-order valence-corrected chi connectivity index (χ1v) is 5.99. The topological polar surface area (TPSA) is 12.5 Å². The van der Waals surface area contributed by atoms with Crippen LogP contribution in [0, 0.1) is 6.10 Å². The zero-order valence-corrected chi connectivity index (χ0v) is 8.56. The van der Waals surface area contributed by atoms with E-state index in [1.54, 1.807) is 0 Å². The van der Waals surface area contributed by atoms with Gasteiger partial charge in [0, 0.05) is 0 Å². The number of ether oxygens (including phenoxy) is 1. The first-order chi connectivity index (χ1) is 6.47. The lowest BCUT2D eigenvalue weighted by molar-refractivity contribution is 0.382. The van der Waals surface area contributed by atoms with E-state index in [0.717, 1.165) is 0 Å². The highest BCUT2D eigenvalue weighted by atomic mass is 16.6. The second-order valence-corrected chi connectivity index (χ2v) is 4.44. The molecule has 2 rings (SSSR count). The van der Waals surface area contributed by atoms with Crippen LogP contribution in [0.5, 0.6) is 0 Å².